The van der Waals surface area contributed by atoms with Crippen LogP contribution in [0.15, 0.2) is 30.3 Å². The Kier molecular flexibility index (Phi) is 8.73. The van der Waals surface area contributed by atoms with Gasteiger partial charge < -0.3 is 25.0 Å². The first-order valence-corrected chi connectivity index (χ1v) is 11.5. The second kappa shape index (κ2) is 11.7. The van der Waals surface area contributed by atoms with E-state index >= 15 is 0 Å². The molecule has 2 aromatic rings. The standard InChI is InChI=1S/C21H29N5O3S/c1-3-28-11-8-22-21(27)24-17-6-4-16(5-7-17)20-23-18(15-30-2)14-19(25-20)26-9-12-29-13-10-26/h4-7,14H,3,8-13,15H2,1-2H3,(H2,22,24,27). The highest BCUT2D eigenvalue weighted by atomic mass is 32.2. The molecular formula is C21H29N5O3S. The molecule has 0 aliphatic carbocycles. The van der Waals surface area contributed by atoms with E-state index in [-0.39, 0.29) is 6.03 Å². The van der Waals surface area contributed by atoms with Gasteiger partial charge in [-0.05, 0) is 37.4 Å². The number of carbonyl (C=O) groups excluding carboxylic acids is 1. The molecule has 1 aliphatic heterocycles. The lowest BCUT2D eigenvalue weighted by molar-refractivity contribution is 0.122. The van der Waals surface area contributed by atoms with Crippen LogP contribution in [0.3, 0.4) is 0 Å². The van der Waals surface area contributed by atoms with Crippen molar-refractivity contribution in [2.24, 2.45) is 0 Å². The number of morpholine rings is 1. The molecule has 0 bridgehead atoms. The van der Waals surface area contributed by atoms with Gasteiger partial charge in [0, 0.05) is 49.3 Å². The highest BCUT2D eigenvalue weighted by Gasteiger charge is 2.16. The summed E-state index contributed by atoms with van der Waals surface area (Å²) in [4.78, 5) is 23.7. The first kappa shape index (κ1) is 22.3. The van der Waals surface area contributed by atoms with Gasteiger partial charge in [-0.1, -0.05) is 0 Å². The van der Waals surface area contributed by atoms with Crippen molar-refractivity contribution in [1.29, 1.82) is 0 Å². The van der Waals surface area contributed by atoms with Crippen LogP contribution >= 0.6 is 11.8 Å². The minimum Gasteiger partial charge on any atom is -0.380 e. The van der Waals surface area contributed by atoms with E-state index < -0.39 is 0 Å². The lowest BCUT2D eigenvalue weighted by atomic mass is 10.2. The molecule has 1 fully saturated rings. The van der Waals surface area contributed by atoms with Gasteiger partial charge in [0.15, 0.2) is 5.82 Å². The average Bonchev–Trinajstić information content (AvgIpc) is 2.78. The SMILES string of the molecule is CCOCCNC(=O)Nc1ccc(-c2nc(CSC)cc(N3CCOCC3)n2)cc1. The van der Waals surface area contributed by atoms with E-state index in [1.165, 1.54) is 0 Å². The maximum absolute atomic E-state index is 11.9. The predicted molar refractivity (Wildman–Crippen MR) is 121 cm³/mol. The van der Waals surface area contributed by atoms with Crippen LogP contribution in [0.5, 0.6) is 0 Å². The Balaban J connectivity index is 1.70. The zero-order valence-electron chi connectivity index (χ0n) is 17.5. The predicted octanol–water partition coefficient (Wildman–Crippen LogP) is 3.00. The minimum absolute atomic E-state index is 0.254. The molecule has 3 rings (SSSR count). The molecule has 2 amide bonds. The fourth-order valence-electron chi connectivity index (χ4n) is 3.05. The Morgan fingerprint density at radius 3 is 2.70 bits per heavy atom. The fourth-order valence-corrected chi connectivity index (χ4v) is 3.49. The number of hydrogen-bond acceptors (Lipinski definition) is 7. The van der Waals surface area contributed by atoms with Gasteiger partial charge in [0.05, 0.1) is 25.5 Å². The minimum atomic E-state index is -0.254. The molecule has 30 heavy (non-hydrogen) atoms. The lowest BCUT2D eigenvalue weighted by Crippen LogP contribution is -2.37. The second-order valence-corrected chi connectivity index (χ2v) is 7.59. The molecule has 162 valence electrons. The molecule has 1 aromatic heterocycles. The van der Waals surface area contributed by atoms with E-state index in [0.717, 1.165) is 35.9 Å². The Morgan fingerprint density at radius 1 is 1.23 bits per heavy atom. The van der Waals surface area contributed by atoms with E-state index in [2.05, 4.69) is 27.9 Å². The number of hydrogen-bond donors (Lipinski definition) is 2. The molecule has 8 nitrogen and oxygen atoms in total. The summed E-state index contributed by atoms with van der Waals surface area (Å²) in [6.07, 6.45) is 2.07. The number of ether oxygens (including phenoxy) is 2. The van der Waals surface area contributed by atoms with Crippen molar-refractivity contribution in [2.75, 3.05) is 62.5 Å². The van der Waals surface area contributed by atoms with Gasteiger partial charge in [-0.15, -0.1) is 0 Å². The number of amides is 2. The molecule has 0 saturated carbocycles. The molecule has 0 atom stereocenters. The Morgan fingerprint density at radius 2 is 2.00 bits per heavy atom. The highest BCUT2D eigenvalue weighted by molar-refractivity contribution is 7.97. The van der Waals surface area contributed by atoms with Crippen molar-refractivity contribution in [1.82, 2.24) is 15.3 Å². The van der Waals surface area contributed by atoms with Crippen LogP contribution < -0.4 is 15.5 Å². The van der Waals surface area contributed by atoms with Crippen LogP contribution in [0.1, 0.15) is 12.6 Å². The van der Waals surface area contributed by atoms with E-state index in [4.69, 9.17) is 19.4 Å². The van der Waals surface area contributed by atoms with Crippen molar-refractivity contribution in [3.05, 3.63) is 36.0 Å². The third-order valence-electron chi connectivity index (χ3n) is 4.53. The van der Waals surface area contributed by atoms with Gasteiger partial charge in [-0.3, -0.25) is 0 Å². The Bertz CT molecular complexity index is 813. The van der Waals surface area contributed by atoms with Crippen molar-refractivity contribution in [3.8, 4) is 11.4 Å². The maximum atomic E-state index is 11.9. The monoisotopic (exact) mass is 431 g/mol. The molecule has 0 spiro atoms. The summed E-state index contributed by atoms with van der Waals surface area (Å²) in [5.41, 5.74) is 2.63. The van der Waals surface area contributed by atoms with Crippen molar-refractivity contribution in [2.45, 2.75) is 12.7 Å². The molecule has 0 unspecified atom stereocenters. The zero-order valence-corrected chi connectivity index (χ0v) is 18.3. The summed E-state index contributed by atoms with van der Waals surface area (Å²) in [7, 11) is 0. The summed E-state index contributed by atoms with van der Waals surface area (Å²) in [6.45, 7) is 6.61. The molecule has 1 aromatic carbocycles. The first-order valence-electron chi connectivity index (χ1n) is 10.1. The van der Waals surface area contributed by atoms with Crippen LogP contribution in [0, 0.1) is 0 Å². The van der Waals surface area contributed by atoms with E-state index in [1.807, 2.05) is 31.2 Å². The smallest absolute Gasteiger partial charge is 0.319 e. The largest absolute Gasteiger partial charge is 0.380 e. The second-order valence-electron chi connectivity index (χ2n) is 6.73. The molecular weight excluding hydrogens is 402 g/mol. The highest BCUT2D eigenvalue weighted by Crippen LogP contribution is 2.24. The summed E-state index contributed by atoms with van der Waals surface area (Å²) >= 11 is 1.74. The van der Waals surface area contributed by atoms with Crippen LogP contribution in [-0.4, -0.2) is 68.3 Å². The number of aromatic nitrogens is 2. The van der Waals surface area contributed by atoms with Crippen molar-refractivity contribution >= 4 is 29.3 Å². The Hall–Kier alpha value is -2.36. The number of nitrogens with zero attached hydrogens (tertiary/aromatic N) is 3. The molecule has 2 N–H and O–H groups in total. The normalized spacial score (nSPS) is 13.9. The van der Waals surface area contributed by atoms with Gasteiger partial charge in [0.1, 0.15) is 5.82 Å². The molecule has 1 saturated heterocycles. The third-order valence-corrected chi connectivity index (χ3v) is 5.11. The van der Waals surface area contributed by atoms with E-state index in [1.54, 1.807) is 11.8 Å². The van der Waals surface area contributed by atoms with Gasteiger partial charge >= 0.3 is 6.03 Å². The topological polar surface area (TPSA) is 88.6 Å². The number of benzene rings is 1. The summed E-state index contributed by atoms with van der Waals surface area (Å²) in [5.74, 6) is 2.45. The molecule has 0 radical (unpaired) electrons. The Labute approximate surface area is 181 Å². The number of carbonyl (C=O) groups is 1. The first-order chi connectivity index (χ1) is 14.7. The van der Waals surface area contributed by atoms with Crippen LogP contribution in [0.4, 0.5) is 16.3 Å². The number of anilines is 2. The average molecular weight is 432 g/mol. The number of thioether (sulfide) groups is 1. The van der Waals surface area contributed by atoms with Crippen LogP contribution in [0.25, 0.3) is 11.4 Å². The van der Waals surface area contributed by atoms with Crippen molar-refractivity contribution in [3.63, 3.8) is 0 Å². The lowest BCUT2D eigenvalue weighted by Gasteiger charge is -2.28. The van der Waals surface area contributed by atoms with E-state index in [9.17, 15) is 4.79 Å². The maximum Gasteiger partial charge on any atom is 0.319 e. The molecule has 9 heteroatoms. The fraction of sp³-hybridized carbons (Fsp3) is 0.476. The molecule has 1 aliphatic rings. The summed E-state index contributed by atoms with van der Waals surface area (Å²) < 4.78 is 10.7. The van der Waals surface area contributed by atoms with Crippen molar-refractivity contribution < 1.29 is 14.3 Å². The van der Waals surface area contributed by atoms with Gasteiger partial charge in [0.2, 0.25) is 0 Å². The van der Waals surface area contributed by atoms with Crippen LogP contribution in [-0.2, 0) is 15.2 Å². The van der Waals surface area contributed by atoms with Gasteiger partial charge in [-0.2, -0.15) is 11.8 Å². The van der Waals surface area contributed by atoms with Gasteiger partial charge in [0.25, 0.3) is 0 Å². The number of nitrogens with one attached hydrogen (secondary N) is 2. The quantitative estimate of drug-likeness (QED) is 0.590. The molecule has 2 heterocycles. The third kappa shape index (κ3) is 6.58. The van der Waals surface area contributed by atoms with Crippen LogP contribution in [0.2, 0.25) is 0 Å². The zero-order chi connectivity index (χ0) is 21.2. The summed E-state index contributed by atoms with van der Waals surface area (Å²) in [5, 5.41) is 5.58. The number of urea groups is 1. The number of rotatable bonds is 9. The van der Waals surface area contributed by atoms with E-state index in [0.29, 0.717) is 44.5 Å². The van der Waals surface area contributed by atoms with Gasteiger partial charge in [-0.25, -0.2) is 14.8 Å². The summed E-state index contributed by atoms with van der Waals surface area (Å²) in [6, 6.07) is 9.38.